The molecule has 6 heteroatoms. The van der Waals surface area contributed by atoms with Crippen LogP contribution in [0.25, 0.3) is 0 Å². The summed E-state index contributed by atoms with van der Waals surface area (Å²) in [6, 6.07) is 6.20. The molecule has 1 fully saturated rings. The molecule has 1 unspecified atom stereocenters. The number of benzene rings is 1. The number of hydrogen-bond donors (Lipinski definition) is 0. The molecule has 0 N–H and O–H groups in total. The van der Waals surface area contributed by atoms with Gasteiger partial charge in [-0.1, -0.05) is 11.2 Å². The molecular weight excluding hydrogens is 339 g/mol. The van der Waals surface area contributed by atoms with Crippen molar-refractivity contribution in [2.45, 2.75) is 25.8 Å². The second-order valence-electron chi connectivity index (χ2n) is 5.13. The highest BCUT2D eigenvalue weighted by Gasteiger charge is 2.34. The minimum atomic E-state index is -0.438. The molecule has 2 aromatic rings. The highest BCUT2D eigenvalue weighted by Crippen LogP contribution is 2.34. The van der Waals surface area contributed by atoms with Crippen LogP contribution in [0.2, 0.25) is 0 Å². The molecule has 1 aliphatic rings. The average Bonchev–Trinajstić information content (AvgIpc) is 3.09. The molecule has 1 atom stereocenters. The van der Waals surface area contributed by atoms with E-state index in [0.717, 1.165) is 18.5 Å². The Balaban J connectivity index is 1.91. The molecular formula is C15H14BrFN2O2. The topological polar surface area (TPSA) is 46.3 Å². The van der Waals surface area contributed by atoms with Crippen LogP contribution in [0.4, 0.5) is 4.39 Å². The van der Waals surface area contributed by atoms with Gasteiger partial charge >= 0.3 is 0 Å². The maximum Gasteiger partial charge on any atom is 0.255 e. The molecule has 1 aromatic carbocycles. The zero-order valence-corrected chi connectivity index (χ0v) is 13.1. The second kappa shape index (κ2) is 5.60. The number of halogens is 2. The van der Waals surface area contributed by atoms with Gasteiger partial charge in [0.2, 0.25) is 0 Å². The summed E-state index contributed by atoms with van der Waals surface area (Å²) in [6.45, 7) is 2.48. The van der Waals surface area contributed by atoms with Crippen molar-refractivity contribution in [2.24, 2.45) is 0 Å². The summed E-state index contributed by atoms with van der Waals surface area (Å²) in [5.41, 5.74) is 1.12. The Hall–Kier alpha value is -1.69. The third-order valence-electron chi connectivity index (χ3n) is 3.67. The van der Waals surface area contributed by atoms with E-state index in [1.54, 1.807) is 11.0 Å². The first-order chi connectivity index (χ1) is 10.1. The SMILES string of the molecule is Cc1cc(C2CCCN2C(=O)c2cccc(F)c2Br)on1. The van der Waals surface area contributed by atoms with Crippen molar-refractivity contribution in [1.29, 1.82) is 0 Å². The van der Waals surface area contributed by atoms with E-state index >= 15 is 0 Å². The lowest BCUT2D eigenvalue weighted by molar-refractivity contribution is 0.0713. The van der Waals surface area contributed by atoms with Gasteiger partial charge in [0.15, 0.2) is 5.76 Å². The summed E-state index contributed by atoms with van der Waals surface area (Å²) in [5.74, 6) is 0.0518. The summed E-state index contributed by atoms with van der Waals surface area (Å²) in [6.07, 6.45) is 1.72. The quantitative estimate of drug-likeness (QED) is 0.824. The average molecular weight is 353 g/mol. The molecule has 1 aliphatic heterocycles. The molecule has 3 rings (SSSR count). The monoisotopic (exact) mass is 352 g/mol. The number of nitrogens with zero attached hydrogens (tertiary/aromatic N) is 2. The van der Waals surface area contributed by atoms with Gasteiger partial charge < -0.3 is 9.42 Å². The summed E-state index contributed by atoms with van der Waals surface area (Å²) in [4.78, 5) is 14.4. The highest BCUT2D eigenvalue weighted by atomic mass is 79.9. The van der Waals surface area contributed by atoms with Gasteiger partial charge in [-0.3, -0.25) is 4.79 Å². The molecule has 0 bridgehead atoms. The fourth-order valence-corrected chi connectivity index (χ4v) is 3.10. The Morgan fingerprint density at radius 1 is 1.52 bits per heavy atom. The first-order valence-corrected chi connectivity index (χ1v) is 7.55. The molecule has 0 spiro atoms. The van der Waals surface area contributed by atoms with Crippen LogP contribution in [0.5, 0.6) is 0 Å². The minimum absolute atomic E-state index is 0.131. The van der Waals surface area contributed by atoms with Crippen LogP contribution >= 0.6 is 15.9 Å². The predicted octanol–water partition coefficient (Wildman–Crippen LogP) is 3.86. The van der Waals surface area contributed by atoms with Gasteiger partial charge in [-0.15, -0.1) is 0 Å². The third kappa shape index (κ3) is 2.60. The van der Waals surface area contributed by atoms with E-state index in [9.17, 15) is 9.18 Å². The summed E-state index contributed by atoms with van der Waals surface area (Å²) in [7, 11) is 0. The van der Waals surface area contributed by atoms with Crippen LogP contribution < -0.4 is 0 Å². The smallest absolute Gasteiger partial charge is 0.255 e. The van der Waals surface area contributed by atoms with Gasteiger partial charge in [-0.25, -0.2) is 4.39 Å². The van der Waals surface area contributed by atoms with Gasteiger partial charge in [-0.2, -0.15) is 0 Å². The number of hydrogen-bond acceptors (Lipinski definition) is 3. The molecule has 0 radical (unpaired) electrons. The van der Waals surface area contributed by atoms with Crippen molar-refractivity contribution < 1.29 is 13.7 Å². The van der Waals surface area contributed by atoms with Crippen LogP contribution in [-0.2, 0) is 0 Å². The highest BCUT2D eigenvalue weighted by molar-refractivity contribution is 9.10. The minimum Gasteiger partial charge on any atom is -0.359 e. The van der Waals surface area contributed by atoms with Crippen LogP contribution in [0.1, 0.15) is 40.7 Å². The van der Waals surface area contributed by atoms with Gasteiger partial charge in [-0.05, 0) is 47.8 Å². The van der Waals surface area contributed by atoms with Crippen molar-refractivity contribution in [3.05, 3.63) is 51.6 Å². The zero-order valence-electron chi connectivity index (χ0n) is 11.5. The van der Waals surface area contributed by atoms with E-state index in [1.165, 1.54) is 12.1 Å². The lowest BCUT2D eigenvalue weighted by Crippen LogP contribution is -2.30. The second-order valence-corrected chi connectivity index (χ2v) is 5.92. The zero-order chi connectivity index (χ0) is 15.0. The van der Waals surface area contributed by atoms with E-state index < -0.39 is 5.82 Å². The molecule has 2 heterocycles. The van der Waals surface area contributed by atoms with Crippen LogP contribution in [0.15, 0.2) is 33.3 Å². The van der Waals surface area contributed by atoms with E-state index in [-0.39, 0.29) is 16.4 Å². The van der Waals surface area contributed by atoms with Gasteiger partial charge in [0, 0.05) is 12.6 Å². The van der Waals surface area contributed by atoms with E-state index in [4.69, 9.17) is 4.52 Å². The first kappa shape index (κ1) is 14.3. The molecule has 21 heavy (non-hydrogen) atoms. The standard InChI is InChI=1S/C15H14BrFN2O2/c1-9-8-13(21-18-9)12-6-3-7-19(12)15(20)10-4-2-5-11(17)14(10)16/h2,4-5,8,12H,3,6-7H2,1H3. The molecule has 1 amide bonds. The van der Waals surface area contributed by atoms with Crippen LogP contribution in [0, 0.1) is 12.7 Å². The summed E-state index contributed by atoms with van der Waals surface area (Å²) >= 11 is 3.15. The van der Waals surface area contributed by atoms with Crippen LogP contribution in [0.3, 0.4) is 0 Å². The van der Waals surface area contributed by atoms with Crippen molar-refractivity contribution in [3.63, 3.8) is 0 Å². The molecule has 1 saturated heterocycles. The maximum atomic E-state index is 13.6. The van der Waals surface area contributed by atoms with Crippen molar-refractivity contribution in [3.8, 4) is 0 Å². The molecule has 4 nitrogen and oxygen atoms in total. The Morgan fingerprint density at radius 2 is 2.33 bits per heavy atom. The summed E-state index contributed by atoms with van der Waals surface area (Å²) in [5, 5.41) is 3.88. The number of carbonyl (C=O) groups is 1. The fraction of sp³-hybridized carbons (Fsp3) is 0.333. The van der Waals surface area contributed by atoms with Gasteiger partial charge in [0.25, 0.3) is 5.91 Å². The molecule has 110 valence electrons. The number of aromatic nitrogens is 1. The third-order valence-corrected chi connectivity index (χ3v) is 4.48. The predicted molar refractivity (Wildman–Crippen MR) is 78.4 cm³/mol. The number of aryl methyl sites for hydroxylation is 1. The molecule has 1 aromatic heterocycles. The van der Waals surface area contributed by atoms with Crippen LogP contribution in [-0.4, -0.2) is 22.5 Å². The Labute approximate surface area is 130 Å². The van der Waals surface area contributed by atoms with E-state index in [2.05, 4.69) is 21.1 Å². The molecule has 0 aliphatic carbocycles. The number of amides is 1. The largest absolute Gasteiger partial charge is 0.359 e. The fourth-order valence-electron chi connectivity index (χ4n) is 2.67. The van der Waals surface area contributed by atoms with E-state index in [1.807, 2.05) is 13.0 Å². The summed E-state index contributed by atoms with van der Waals surface area (Å²) < 4.78 is 19.1. The Morgan fingerprint density at radius 3 is 3.05 bits per heavy atom. The van der Waals surface area contributed by atoms with Crippen molar-refractivity contribution in [1.82, 2.24) is 10.1 Å². The maximum absolute atomic E-state index is 13.6. The lowest BCUT2D eigenvalue weighted by atomic mass is 10.1. The van der Waals surface area contributed by atoms with Crippen molar-refractivity contribution >= 4 is 21.8 Å². The van der Waals surface area contributed by atoms with Gasteiger partial charge in [0.05, 0.1) is 21.8 Å². The number of carbonyl (C=O) groups excluding carboxylic acids is 1. The number of likely N-dealkylation sites (tertiary alicyclic amines) is 1. The Kier molecular flexibility index (Phi) is 3.80. The first-order valence-electron chi connectivity index (χ1n) is 6.76. The lowest BCUT2D eigenvalue weighted by Gasteiger charge is -2.23. The van der Waals surface area contributed by atoms with Gasteiger partial charge in [0.1, 0.15) is 5.82 Å². The van der Waals surface area contributed by atoms with Crippen molar-refractivity contribution in [2.75, 3.05) is 6.54 Å². The molecule has 0 saturated carbocycles. The number of rotatable bonds is 2. The van der Waals surface area contributed by atoms with E-state index in [0.29, 0.717) is 17.9 Å². The Bertz CT molecular complexity index is 686. The normalized spacial score (nSPS) is 18.2.